The molecule has 0 saturated carbocycles. The van der Waals surface area contributed by atoms with E-state index in [0.717, 1.165) is 31.7 Å². The highest BCUT2D eigenvalue weighted by molar-refractivity contribution is 5.78. The van der Waals surface area contributed by atoms with Crippen LogP contribution < -0.4 is 5.32 Å². The molecule has 1 unspecified atom stereocenters. The van der Waals surface area contributed by atoms with Crippen molar-refractivity contribution in [3.63, 3.8) is 0 Å². The summed E-state index contributed by atoms with van der Waals surface area (Å²) < 4.78 is 0. The summed E-state index contributed by atoms with van der Waals surface area (Å²) in [5.74, 6) is 0. The quantitative estimate of drug-likeness (QED) is 0.822. The predicted octanol–water partition coefficient (Wildman–Crippen LogP) is 1.53. The lowest BCUT2D eigenvalue weighted by atomic mass is 10.0. The summed E-state index contributed by atoms with van der Waals surface area (Å²) in [7, 11) is 0. The molecule has 0 aliphatic carbocycles. The number of H-pyrrole nitrogens is 1. The number of hydrogen-bond acceptors (Lipinski definition) is 3. The number of nitrogens with zero attached hydrogens (tertiary/aromatic N) is 2. The summed E-state index contributed by atoms with van der Waals surface area (Å²) in [6, 6.07) is 7.05. The Morgan fingerprint density at radius 2 is 2.12 bits per heavy atom. The van der Waals surface area contributed by atoms with Gasteiger partial charge < -0.3 is 5.32 Å². The van der Waals surface area contributed by atoms with Crippen molar-refractivity contribution in [3.05, 3.63) is 30.0 Å². The van der Waals surface area contributed by atoms with Gasteiger partial charge >= 0.3 is 0 Å². The zero-order chi connectivity index (χ0) is 11.7. The zero-order valence-corrected chi connectivity index (χ0v) is 10.1. The lowest BCUT2D eigenvalue weighted by Gasteiger charge is -2.33. The van der Waals surface area contributed by atoms with E-state index >= 15 is 0 Å². The predicted molar refractivity (Wildman–Crippen MR) is 69.0 cm³/mol. The number of fused-ring (bicyclic) bond motifs is 1. The van der Waals surface area contributed by atoms with Gasteiger partial charge in [-0.25, -0.2) is 0 Å². The number of piperazine rings is 1. The number of hydrogen-bond donors (Lipinski definition) is 2. The van der Waals surface area contributed by atoms with E-state index in [9.17, 15) is 0 Å². The van der Waals surface area contributed by atoms with Crippen LogP contribution in [-0.2, 0) is 0 Å². The monoisotopic (exact) mass is 230 g/mol. The summed E-state index contributed by atoms with van der Waals surface area (Å²) in [5.41, 5.74) is 2.49. The number of nitrogens with one attached hydrogen (secondary N) is 2. The lowest BCUT2D eigenvalue weighted by molar-refractivity contribution is 0.185. The zero-order valence-electron chi connectivity index (χ0n) is 10.1. The Hall–Kier alpha value is -1.39. The van der Waals surface area contributed by atoms with Crippen LogP contribution in [0.15, 0.2) is 24.4 Å². The van der Waals surface area contributed by atoms with Crippen LogP contribution in [0.25, 0.3) is 10.9 Å². The molecule has 1 fully saturated rings. The largest absolute Gasteiger partial charge is 0.314 e. The summed E-state index contributed by atoms with van der Waals surface area (Å²) >= 11 is 0. The number of aromatic amines is 1. The van der Waals surface area contributed by atoms with Crippen LogP contribution in [0.2, 0.25) is 0 Å². The molecule has 1 aliphatic heterocycles. The second kappa shape index (κ2) is 4.47. The van der Waals surface area contributed by atoms with Crippen molar-refractivity contribution in [2.75, 3.05) is 26.2 Å². The summed E-state index contributed by atoms with van der Waals surface area (Å²) in [5, 5.41) is 11.6. The van der Waals surface area contributed by atoms with E-state index in [2.05, 4.69) is 45.5 Å². The molecule has 0 amide bonds. The second-order valence-corrected chi connectivity index (χ2v) is 4.68. The minimum Gasteiger partial charge on any atom is -0.314 e. The van der Waals surface area contributed by atoms with Crippen LogP contribution in [0.4, 0.5) is 0 Å². The maximum absolute atomic E-state index is 4.07. The number of benzene rings is 1. The third kappa shape index (κ3) is 2.06. The molecule has 1 atom stereocenters. The van der Waals surface area contributed by atoms with Gasteiger partial charge in [0.05, 0.1) is 11.7 Å². The SMILES string of the molecule is CC(c1ccc2[nH]ncc2c1)N1CCNCC1. The molecule has 0 radical (unpaired) electrons. The van der Waals surface area contributed by atoms with Crippen molar-refractivity contribution in [1.82, 2.24) is 20.4 Å². The van der Waals surface area contributed by atoms with Gasteiger partial charge in [-0.1, -0.05) is 6.07 Å². The van der Waals surface area contributed by atoms with Gasteiger partial charge in [0.25, 0.3) is 0 Å². The molecule has 1 aromatic carbocycles. The fourth-order valence-electron chi connectivity index (χ4n) is 2.50. The van der Waals surface area contributed by atoms with E-state index in [0.29, 0.717) is 6.04 Å². The van der Waals surface area contributed by atoms with Crippen LogP contribution in [0.5, 0.6) is 0 Å². The first-order valence-corrected chi connectivity index (χ1v) is 6.22. The highest BCUT2D eigenvalue weighted by Gasteiger charge is 2.17. The van der Waals surface area contributed by atoms with Crippen LogP contribution >= 0.6 is 0 Å². The van der Waals surface area contributed by atoms with E-state index < -0.39 is 0 Å². The molecule has 2 aromatic rings. The van der Waals surface area contributed by atoms with E-state index in [-0.39, 0.29) is 0 Å². The standard InChI is InChI=1S/C13H18N4/c1-10(17-6-4-14-5-7-17)11-2-3-13-12(8-11)9-15-16-13/h2-3,8-10,14H,4-7H2,1H3,(H,15,16). The molecule has 4 heteroatoms. The van der Waals surface area contributed by atoms with Gasteiger partial charge in [-0.05, 0) is 24.6 Å². The first-order chi connectivity index (χ1) is 8.34. The van der Waals surface area contributed by atoms with Crippen LogP contribution in [0.1, 0.15) is 18.5 Å². The van der Waals surface area contributed by atoms with E-state index in [1.807, 2.05) is 6.20 Å². The first-order valence-electron chi connectivity index (χ1n) is 6.22. The average Bonchev–Trinajstić information content (AvgIpc) is 2.86. The molecule has 17 heavy (non-hydrogen) atoms. The highest BCUT2D eigenvalue weighted by Crippen LogP contribution is 2.23. The van der Waals surface area contributed by atoms with Gasteiger partial charge in [0.15, 0.2) is 0 Å². The van der Waals surface area contributed by atoms with Gasteiger partial charge in [-0.3, -0.25) is 10.00 Å². The van der Waals surface area contributed by atoms with Crippen LogP contribution in [-0.4, -0.2) is 41.3 Å². The van der Waals surface area contributed by atoms with Crippen molar-refractivity contribution in [2.45, 2.75) is 13.0 Å². The third-order valence-corrected chi connectivity index (χ3v) is 3.65. The number of aromatic nitrogens is 2. The van der Waals surface area contributed by atoms with Crippen molar-refractivity contribution in [2.24, 2.45) is 0 Å². The first kappa shape index (κ1) is 10.7. The molecule has 4 nitrogen and oxygen atoms in total. The molecule has 0 bridgehead atoms. The highest BCUT2D eigenvalue weighted by atomic mass is 15.2. The third-order valence-electron chi connectivity index (χ3n) is 3.65. The van der Waals surface area contributed by atoms with Gasteiger partial charge in [-0.2, -0.15) is 5.10 Å². The Morgan fingerprint density at radius 3 is 2.94 bits per heavy atom. The van der Waals surface area contributed by atoms with Crippen LogP contribution in [0, 0.1) is 0 Å². The molecule has 1 aromatic heterocycles. The van der Waals surface area contributed by atoms with E-state index in [1.54, 1.807) is 0 Å². The molecule has 2 N–H and O–H groups in total. The Balaban J connectivity index is 1.86. The minimum atomic E-state index is 0.483. The molecule has 1 saturated heterocycles. The maximum Gasteiger partial charge on any atom is 0.0650 e. The van der Waals surface area contributed by atoms with E-state index in [4.69, 9.17) is 0 Å². The molecule has 90 valence electrons. The van der Waals surface area contributed by atoms with Crippen molar-refractivity contribution in [1.29, 1.82) is 0 Å². The topological polar surface area (TPSA) is 44.0 Å². The molecule has 1 aliphatic rings. The van der Waals surface area contributed by atoms with E-state index in [1.165, 1.54) is 10.9 Å². The summed E-state index contributed by atoms with van der Waals surface area (Å²) in [6.07, 6.45) is 1.89. The van der Waals surface area contributed by atoms with Crippen molar-refractivity contribution < 1.29 is 0 Å². The molecule has 3 rings (SSSR count). The van der Waals surface area contributed by atoms with Gasteiger partial charge in [0.2, 0.25) is 0 Å². The number of rotatable bonds is 2. The Morgan fingerprint density at radius 1 is 1.29 bits per heavy atom. The summed E-state index contributed by atoms with van der Waals surface area (Å²) in [6.45, 7) is 6.73. The summed E-state index contributed by atoms with van der Waals surface area (Å²) in [4.78, 5) is 2.53. The fraction of sp³-hybridized carbons (Fsp3) is 0.462. The normalized spacial score (nSPS) is 19.6. The van der Waals surface area contributed by atoms with Crippen molar-refractivity contribution >= 4 is 10.9 Å². The molecular formula is C13H18N4. The van der Waals surface area contributed by atoms with Gasteiger partial charge in [-0.15, -0.1) is 0 Å². The molecule has 0 spiro atoms. The Bertz CT molecular complexity index is 499. The lowest BCUT2D eigenvalue weighted by Crippen LogP contribution is -2.44. The average molecular weight is 230 g/mol. The van der Waals surface area contributed by atoms with Gasteiger partial charge in [0, 0.05) is 37.6 Å². The maximum atomic E-state index is 4.07. The second-order valence-electron chi connectivity index (χ2n) is 4.68. The molecule has 2 heterocycles. The van der Waals surface area contributed by atoms with Crippen LogP contribution in [0.3, 0.4) is 0 Å². The van der Waals surface area contributed by atoms with Crippen molar-refractivity contribution in [3.8, 4) is 0 Å². The fourth-order valence-corrected chi connectivity index (χ4v) is 2.50. The molecular weight excluding hydrogens is 212 g/mol. The smallest absolute Gasteiger partial charge is 0.0650 e. The Kier molecular flexibility index (Phi) is 2.82. The minimum absolute atomic E-state index is 0.483. The Labute approximate surface area is 101 Å². The van der Waals surface area contributed by atoms with Gasteiger partial charge in [0.1, 0.15) is 0 Å².